The highest BCUT2D eigenvalue weighted by molar-refractivity contribution is 6.30. The molecular weight excluding hydrogens is 226 g/mol. The molecule has 0 fully saturated rings. The van der Waals surface area contributed by atoms with E-state index in [9.17, 15) is 0 Å². The van der Waals surface area contributed by atoms with E-state index in [1.807, 2.05) is 36.2 Å². The fourth-order valence-corrected chi connectivity index (χ4v) is 1.34. The van der Waals surface area contributed by atoms with Gasteiger partial charge in [0.2, 0.25) is 0 Å². The molecule has 0 radical (unpaired) electrons. The lowest BCUT2D eigenvalue weighted by atomic mass is 10.3. The molecule has 1 aromatic carbocycles. The van der Waals surface area contributed by atoms with Crippen LogP contribution < -0.4 is 4.90 Å². The van der Waals surface area contributed by atoms with Crippen molar-refractivity contribution < 1.29 is 4.74 Å². The number of nitrogens with zero attached hydrogens (tertiary/aromatic N) is 3. The zero-order chi connectivity index (χ0) is 12.0. The molecular formula is C11H14ClN3O. The summed E-state index contributed by atoms with van der Waals surface area (Å²) < 4.78 is 5.04. The number of likely N-dealkylation sites (N-methyl/N-ethyl adjacent to an activating group) is 1. The van der Waals surface area contributed by atoms with Crippen LogP contribution >= 0.6 is 11.6 Å². The van der Waals surface area contributed by atoms with Gasteiger partial charge in [-0.2, -0.15) is 5.10 Å². The molecule has 0 spiro atoms. The van der Waals surface area contributed by atoms with Crippen LogP contribution in [0.1, 0.15) is 0 Å². The highest BCUT2D eigenvalue weighted by Gasteiger charge is 2.08. The normalized spacial score (nSPS) is 11.3. The number of rotatable bonds is 4. The van der Waals surface area contributed by atoms with Gasteiger partial charge in [0, 0.05) is 31.6 Å². The largest absolute Gasteiger partial charge is 0.377 e. The van der Waals surface area contributed by atoms with Crippen molar-refractivity contribution in [1.29, 1.82) is 0 Å². The van der Waals surface area contributed by atoms with Crippen molar-refractivity contribution >= 4 is 29.8 Å². The Balaban J connectivity index is 2.89. The van der Waals surface area contributed by atoms with Crippen molar-refractivity contribution in [2.45, 2.75) is 0 Å². The first-order chi connectivity index (χ1) is 7.69. The summed E-state index contributed by atoms with van der Waals surface area (Å²) in [5.74, 6) is 0.680. The number of ether oxygens (including phenoxy) is 1. The molecule has 0 unspecified atom stereocenters. The van der Waals surface area contributed by atoms with E-state index in [-0.39, 0.29) is 0 Å². The summed E-state index contributed by atoms with van der Waals surface area (Å²) in [5.41, 5.74) is 0.962. The minimum absolute atomic E-state index is 0.373. The van der Waals surface area contributed by atoms with E-state index in [1.165, 1.54) is 0 Å². The van der Waals surface area contributed by atoms with E-state index in [2.05, 4.69) is 16.9 Å². The van der Waals surface area contributed by atoms with Gasteiger partial charge >= 0.3 is 0 Å². The van der Waals surface area contributed by atoms with Crippen molar-refractivity contribution in [3.63, 3.8) is 0 Å². The molecule has 0 aliphatic carbocycles. The topological polar surface area (TPSA) is 37.2 Å². The number of hydrogen-bond acceptors (Lipinski definition) is 3. The minimum atomic E-state index is 0.373. The molecule has 0 aliphatic rings. The van der Waals surface area contributed by atoms with E-state index in [1.54, 1.807) is 7.11 Å². The van der Waals surface area contributed by atoms with Crippen molar-refractivity contribution in [2.75, 3.05) is 25.7 Å². The van der Waals surface area contributed by atoms with Crippen molar-refractivity contribution in [3.8, 4) is 0 Å². The molecule has 0 N–H and O–H groups in total. The van der Waals surface area contributed by atoms with Crippen LogP contribution in [0.2, 0.25) is 5.02 Å². The number of amidine groups is 1. The van der Waals surface area contributed by atoms with Gasteiger partial charge in [-0.1, -0.05) is 11.6 Å². The molecule has 0 heterocycles. The van der Waals surface area contributed by atoms with E-state index in [0.717, 1.165) is 5.69 Å². The second-order valence-corrected chi connectivity index (χ2v) is 3.56. The predicted molar refractivity (Wildman–Crippen MR) is 68.7 cm³/mol. The lowest BCUT2D eigenvalue weighted by Crippen LogP contribution is -2.29. The average molecular weight is 240 g/mol. The molecule has 0 saturated heterocycles. The summed E-state index contributed by atoms with van der Waals surface area (Å²) >= 11 is 5.82. The fraction of sp³-hybridized carbons (Fsp3) is 0.273. The quantitative estimate of drug-likeness (QED) is 0.460. The van der Waals surface area contributed by atoms with Gasteiger partial charge in [-0.3, -0.25) is 0 Å². The van der Waals surface area contributed by atoms with Crippen LogP contribution in [0, 0.1) is 0 Å². The molecule has 1 aromatic rings. The Kier molecular flexibility index (Phi) is 4.95. The van der Waals surface area contributed by atoms with Gasteiger partial charge in [0.1, 0.15) is 6.61 Å². The first-order valence-corrected chi connectivity index (χ1v) is 5.07. The SMILES string of the molecule is C=N/N=C(/COC)N(C)c1ccc(Cl)cc1. The summed E-state index contributed by atoms with van der Waals surface area (Å²) in [5, 5.41) is 8.12. The molecule has 0 saturated carbocycles. The average Bonchev–Trinajstić information content (AvgIpc) is 2.29. The third kappa shape index (κ3) is 3.32. The summed E-state index contributed by atoms with van der Waals surface area (Å²) in [7, 11) is 3.49. The molecule has 86 valence electrons. The van der Waals surface area contributed by atoms with Gasteiger partial charge in [-0.05, 0) is 24.3 Å². The Morgan fingerprint density at radius 1 is 1.44 bits per heavy atom. The van der Waals surface area contributed by atoms with E-state index in [4.69, 9.17) is 16.3 Å². The summed E-state index contributed by atoms with van der Waals surface area (Å²) in [6.45, 7) is 3.71. The third-order valence-corrected chi connectivity index (χ3v) is 2.31. The lowest BCUT2D eigenvalue weighted by Gasteiger charge is -2.19. The Bertz CT molecular complexity index is 375. The molecule has 4 nitrogen and oxygen atoms in total. The van der Waals surface area contributed by atoms with E-state index >= 15 is 0 Å². The fourth-order valence-electron chi connectivity index (χ4n) is 1.22. The van der Waals surface area contributed by atoms with Crippen LogP contribution in [0.25, 0.3) is 0 Å². The molecule has 1 rings (SSSR count). The molecule has 0 aromatic heterocycles. The maximum Gasteiger partial charge on any atom is 0.157 e. The van der Waals surface area contributed by atoms with Gasteiger partial charge in [0.15, 0.2) is 5.84 Å². The van der Waals surface area contributed by atoms with Crippen molar-refractivity contribution in [2.24, 2.45) is 10.2 Å². The highest BCUT2D eigenvalue weighted by atomic mass is 35.5. The van der Waals surface area contributed by atoms with Crippen LogP contribution in [-0.4, -0.2) is 33.3 Å². The summed E-state index contributed by atoms with van der Waals surface area (Å²) in [6, 6.07) is 7.44. The molecule has 0 bridgehead atoms. The first-order valence-electron chi connectivity index (χ1n) is 4.70. The van der Waals surface area contributed by atoms with Crippen LogP contribution in [0.3, 0.4) is 0 Å². The van der Waals surface area contributed by atoms with Crippen molar-refractivity contribution in [3.05, 3.63) is 29.3 Å². The van der Waals surface area contributed by atoms with Crippen molar-refractivity contribution in [1.82, 2.24) is 0 Å². The zero-order valence-electron chi connectivity index (χ0n) is 9.35. The molecule has 0 atom stereocenters. The molecule has 0 aliphatic heterocycles. The number of halogens is 1. The first kappa shape index (κ1) is 12.7. The van der Waals surface area contributed by atoms with E-state index in [0.29, 0.717) is 17.5 Å². The number of anilines is 1. The Morgan fingerprint density at radius 3 is 2.56 bits per heavy atom. The van der Waals surface area contributed by atoms with Crippen LogP contribution in [0.15, 0.2) is 34.5 Å². The summed E-state index contributed by atoms with van der Waals surface area (Å²) in [4.78, 5) is 1.87. The maximum absolute atomic E-state index is 5.82. The molecule has 0 amide bonds. The maximum atomic E-state index is 5.82. The number of benzene rings is 1. The van der Waals surface area contributed by atoms with Gasteiger partial charge in [-0.15, -0.1) is 5.10 Å². The Morgan fingerprint density at radius 2 is 2.06 bits per heavy atom. The Labute approximate surface area is 100 Å². The Hall–Kier alpha value is -1.39. The number of hydrogen-bond donors (Lipinski definition) is 0. The third-order valence-electron chi connectivity index (χ3n) is 2.06. The van der Waals surface area contributed by atoms with Crippen LogP contribution in [0.5, 0.6) is 0 Å². The van der Waals surface area contributed by atoms with Gasteiger partial charge in [0.25, 0.3) is 0 Å². The molecule has 5 heteroatoms. The van der Waals surface area contributed by atoms with E-state index < -0.39 is 0 Å². The minimum Gasteiger partial charge on any atom is -0.377 e. The van der Waals surface area contributed by atoms with Crippen LogP contribution in [-0.2, 0) is 4.74 Å². The van der Waals surface area contributed by atoms with Gasteiger partial charge in [0.05, 0.1) is 0 Å². The predicted octanol–water partition coefficient (Wildman–Crippen LogP) is 2.44. The highest BCUT2D eigenvalue weighted by Crippen LogP contribution is 2.17. The monoisotopic (exact) mass is 239 g/mol. The second kappa shape index (κ2) is 6.25. The smallest absolute Gasteiger partial charge is 0.157 e. The summed E-state index contributed by atoms with van der Waals surface area (Å²) in [6.07, 6.45) is 0. The van der Waals surface area contributed by atoms with Gasteiger partial charge < -0.3 is 9.64 Å². The van der Waals surface area contributed by atoms with Crippen LogP contribution in [0.4, 0.5) is 5.69 Å². The zero-order valence-corrected chi connectivity index (χ0v) is 10.1. The second-order valence-electron chi connectivity index (χ2n) is 3.13. The number of methoxy groups -OCH3 is 1. The van der Waals surface area contributed by atoms with Gasteiger partial charge in [-0.25, -0.2) is 0 Å². The molecule has 16 heavy (non-hydrogen) atoms. The lowest BCUT2D eigenvalue weighted by molar-refractivity contribution is 0.244. The standard InChI is InChI=1S/C11H14ClN3O/c1-13-14-11(8-16-3)15(2)10-6-4-9(12)5-7-10/h4-7H,1,8H2,2-3H3/b14-11-.